The second-order valence-electron chi connectivity index (χ2n) is 9.75. The highest BCUT2D eigenvalue weighted by Crippen LogP contribution is 2.46. The van der Waals surface area contributed by atoms with Gasteiger partial charge in [0, 0.05) is 52.3 Å². The number of pyridine rings is 1. The number of aromatic nitrogens is 5. The van der Waals surface area contributed by atoms with Crippen molar-refractivity contribution >= 4 is 33.3 Å². The second-order valence-corrected chi connectivity index (χ2v) is 10.2. The molecule has 0 spiro atoms. The standard InChI is InChI=1S/C30H22ClN5O2/c1-35-16-23(28(34-35)17-9-10-17)21-7-4-8-24(31)27(21)18-11-12-22-25(13-18)33-30(38)36(29(22)37)26-15-32-14-19-5-2-3-6-20(19)26/h2-8,11-17H,9-10H2,1H3,(H,33,38). The zero-order valence-corrected chi connectivity index (χ0v) is 21.2. The Bertz CT molecular complexity index is 2010. The van der Waals surface area contributed by atoms with Gasteiger partial charge in [-0.15, -0.1) is 0 Å². The van der Waals surface area contributed by atoms with Crippen molar-refractivity contribution in [3.8, 4) is 27.9 Å². The summed E-state index contributed by atoms with van der Waals surface area (Å²) in [6.45, 7) is 0. The number of nitrogens with zero attached hydrogens (tertiary/aromatic N) is 4. The molecule has 0 aliphatic heterocycles. The van der Waals surface area contributed by atoms with E-state index in [1.807, 2.05) is 72.5 Å². The summed E-state index contributed by atoms with van der Waals surface area (Å²) in [6.07, 6.45) is 7.55. The van der Waals surface area contributed by atoms with Gasteiger partial charge in [0.15, 0.2) is 0 Å². The van der Waals surface area contributed by atoms with Crippen LogP contribution in [-0.2, 0) is 7.05 Å². The first-order chi connectivity index (χ1) is 18.5. The van der Waals surface area contributed by atoms with E-state index in [9.17, 15) is 9.59 Å². The molecular weight excluding hydrogens is 498 g/mol. The fourth-order valence-electron chi connectivity index (χ4n) is 5.28. The van der Waals surface area contributed by atoms with E-state index in [4.69, 9.17) is 16.7 Å². The summed E-state index contributed by atoms with van der Waals surface area (Å²) in [5, 5.41) is 7.33. The van der Waals surface area contributed by atoms with Gasteiger partial charge in [0.25, 0.3) is 5.56 Å². The van der Waals surface area contributed by atoms with Crippen molar-refractivity contribution in [2.24, 2.45) is 7.05 Å². The van der Waals surface area contributed by atoms with Crippen molar-refractivity contribution in [1.82, 2.24) is 24.3 Å². The zero-order valence-electron chi connectivity index (χ0n) is 20.5. The lowest BCUT2D eigenvalue weighted by atomic mass is 9.93. The van der Waals surface area contributed by atoms with Crippen LogP contribution < -0.4 is 11.2 Å². The number of hydrogen-bond donors (Lipinski definition) is 1. The molecule has 8 heteroatoms. The van der Waals surface area contributed by atoms with E-state index in [-0.39, 0.29) is 0 Å². The van der Waals surface area contributed by atoms with E-state index in [1.165, 1.54) is 0 Å². The maximum Gasteiger partial charge on any atom is 0.333 e. The number of H-pyrrole nitrogens is 1. The lowest BCUT2D eigenvalue weighted by molar-refractivity contribution is 0.744. The summed E-state index contributed by atoms with van der Waals surface area (Å²) in [7, 11) is 1.93. The third kappa shape index (κ3) is 3.58. The van der Waals surface area contributed by atoms with Crippen molar-refractivity contribution in [1.29, 1.82) is 0 Å². The van der Waals surface area contributed by atoms with Crippen molar-refractivity contribution in [3.63, 3.8) is 0 Å². The van der Waals surface area contributed by atoms with E-state index in [0.717, 1.165) is 56.1 Å². The molecule has 7 rings (SSSR count). The molecule has 0 amide bonds. The van der Waals surface area contributed by atoms with Crippen LogP contribution in [0.25, 0.3) is 49.6 Å². The molecule has 0 bridgehead atoms. The van der Waals surface area contributed by atoms with E-state index in [1.54, 1.807) is 18.5 Å². The van der Waals surface area contributed by atoms with Gasteiger partial charge in [-0.25, -0.2) is 9.36 Å². The van der Waals surface area contributed by atoms with Crippen LogP contribution in [0.4, 0.5) is 0 Å². The highest BCUT2D eigenvalue weighted by Gasteiger charge is 2.30. The van der Waals surface area contributed by atoms with Crippen LogP contribution in [0.5, 0.6) is 0 Å². The van der Waals surface area contributed by atoms with Crippen LogP contribution in [-0.4, -0.2) is 24.3 Å². The summed E-state index contributed by atoms with van der Waals surface area (Å²) in [4.78, 5) is 34.0. The third-order valence-corrected chi connectivity index (χ3v) is 7.51. The fourth-order valence-corrected chi connectivity index (χ4v) is 5.57. The van der Waals surface area contributed by atoms with Crippen LogP contribution in [0, 0.1) is 0 Å². The van der Waals surface area contributed by atoms with Crippen molar-refractivity contribution in [2.75, 3.05) is 0 Å². The highest BCUT2D eigenvalue weighted by atomic mass is 35.5. The van der Waals surface area contributed by atoms with Crippen LogP contribution >= 0.6 is 11.6 Å². The molecule has 186 valence electrons. The summed E-state index contributed by atoms with van der Waals surface area (Å²) in [6, 6.07) is 18.8. The van der Waals surface area contributed by atoms with Crippen molar-refractivity contribution in [2.45, 2.75) is 18.8 Å². The average Bonchev–Trinajstić information content (AvgIpc) is 3.69. The Morgan fingerprint density at radius 1 is 0.947 bits per heavy atom. The Kier molecular flexibility index (Phi) is 5.09. The number of halogens is 1. The molecule has 1 aliphatic carbocycles. The van der Waals surface area contributed by atoms with Gasteiger partial charge in [0.05, 0.1) is 28.5 Å². The van der Waals surface area contributed by atoms with Gasteiger partial charge in [0.2, 0.25) is 0 Å². The first-order valence-corrected chi connectivity index (χ1v) is 12.8. The van der Waals surface area contributed by atoms with E-state index in [2.05, 4.69) is 9.97 Å². The Balaban J connectivity index is 1.42. The lowest BCUT2D eigenvalue weighted by Crippen LogP contribution is -2.33. The maximum atomic E-state index is 13.6. The summed E-state index contributed by atoms with van der Waals surface area (Å²) >= 11 is 6.77. The Labute approximate surface area is 222 Å². The number of hydrogen-bond acceptors (Lipinski definition) is 4. The van der Waals surface area contributed by atoms with Gasteiger partial charge in [-0.05, 0) is 42.2 Å². The highest BCUT2D eigenvalue weighted by molar-refractivity contribution is 6.34. The van der Waals surface area contributed by atoms with Crippen molar-refractivity contribution in [3.05, 3.63) is 111 Å². The summed E-state index contributed by atoms with van der Waals surface area (Å²) in [5.41, 5.74) is 4.72. The molecule has 0 radical (unpaired) electrons. The van der Waals surface area contributed by atoms with Gasteiger partial charge < -0.3 is 4.98 Å². The lowest BCUT2D eigenvalue weighted by Gasteiger charge is -2.14. The Hall–Kier alpha value is -4.49. The van der Waals surface area contributed by atoms with Crippen LogP contribution in [0.2, 0.25) is 5.02 Å². The molecule has 3 aromatic heterocycles. The molecule has 7 nitrogen and oxygen atoms in total. The number of aryl methyl sites for hydroxylation is 1. The number of benzene rings is 3. The predicted molar refractivity (Wildman–Crippen MR) is 150 cm³/mol. The molecule has 0 unspecified atom stereocenters. The zero-order chi connectivity index (χ0) is 26.0. The number of rotatable bonds is 4. The minimum Gasteiger partial charge on any atom is -0.306 e. The van der Waals surface area contributed by atoms with Crippen LogP contribution in [0.15, 0.2) is 88.8 Å². The van der Waals surface area contributed by atoms with Gasteiger partial charge in [-0.1, -0.05) is 54.1 Å². The van der Waals surface area contributed by atoms with Crippen molar-refractivity contribution < 1.29 is 0 Å². The van der Waals surface area contributed by atoms with Gasteiger partial charge >= 0.3 is 5.69 Å². The predicted octanol–water partition coefficient (Wildman–Crippen LogP) is 5.83. The van der Waals surface area contributed by atoms with Gasteiger partial charge in [-0.2, -0.15) is 5.10 Å². The molecule has 3 heterocycles. The van der Waals surface area contributed by atoms with Gasteiger partial charge in [0.1, 0.15) is 0 Å². The fraction of sp³-hybridized carbons (Fsp3) is 0.133. The molecule has 6 aromatic rings. The molecule has 38 heavy (non-hydrogen) atoms. The SMILES string of the molecule is Cn1cc(-c2cccc(Cl)c2-c2ccc3c(=O)n(-c4cncc5ccccc45)c(=O)[nH]c3c2)c(C2CC2)n1. The molecule has 1 aliphatic rings. The largest absolute Gasteiger partial charge is 0.333 e. The Morgan fingerprint density at radius 3 is 2.63 bits per heavy atom. The number of aromatic amines is 1. The maximum absolute atomic E-state index is 13.6. The smallest absolute Gasteiger partial charge is 0.306 e. The number of nitrogens with one attached hydrogen (secondary N) is 1. The summed E-state index contributed by atoms with van der Waals surface area (Å²) < 4.78 is 2.99. The topological polar surface area (TPSA) is 85.6 Å². The first kappa shape index (κ1) is 22.7. The first-order valence-electron chi connectivity index (χ1n) is 12.4. The second kappa shape index (κ2) is 8.53. The minimum absolute atomic E-state index is 0.398. The number of fused-ring (bicyclic) bond motifs is 2. The minimum atomic E-state index is -0.527. The van der Waals surface area contributed by atoms with Crippen LogP contribution in [0.1, 0.15) is 24.5 Å². The Morgan fingerprint density at radius 2 is 1.79 bits per heavy atom. The van der Waals surface area contributed by atoms with Crippen LogP contribution in [0.3, 0.4) is 0 Å². The molecule has 1 saturated carbocycles. The van der Waals surface area contributed by atoms with E-state index < -0.39 is 11.2 Å². The van der Waals surface area contributed by atoms with Gasteiger partial charge in [-0.3, -0.25) is 14.5 Å². The third-order valence-electron chi connectivity index (χ3n) is 7.20. The molecular formula is C30H22ClN5O2. The normalized spacial score (nSPS) is 13.4. The molecule has 0 saturated heterocycles. The quantitative estimate of drug-likeness (QED) is 0.318. The monoisotopic (exact) mass is 519 g/mol. The van der Waals surface area contributed by atoms with E-state index >= 15 is 0 Å². The summed E-state index contributed by atoms with van der Waals surface area (Å²) in [5.74, 6) is 0.466. The average molecular weight is 520 g/mol. The van der Waals surface area contributed by atoms with E-state index in [0.29, 0.717) is 27.5 Å². The molecule has 1 N–H and O–H groups in total. The molecule has 3 aromatic carbocycles. The molecule has 1 fully saturated rings. The molecule has 0 atom stereocenters.